The topological polar surface area (TPSA) is 207 Å². The minimum Gasteiger partial charge on any atom is -0.275 e. The monoisotopic (exact) mass is 382 g/mol. The summed E-state index contributed by atoms with van der Waals surface area (Å²) in [6.45, 7) is 0. The zero-order chi connectivity index (χ0) is 18.9. The Kier molecular flexibility index (Phi) is 5.06. The van der Waals surface area contributed by atoms with E-state index in [1.807, 2.05) is 0 Å². The highest BCUT2D eigenvalue weighted by Gasteiger charge is 2.51. The third kappa shape index (κ3) is 2.95. The predicted octanol–water partition coefficient (Wildman–Crippen LogP) is 2.08. The molecule has 126 valence electrons. The van der Waals surface area contributed by atoms with Crippen LogP contribution >= 0.6 is 23.2 Å². The summed E-state index contributed by atoms with van der Waals surface area (Å²) in [7, 11) is 0. The zero-order valence-corrected chi connectivity index (χ0v) is 12.1. The first-order valence-corrected chi connectivity index (χ1v) is 5.90. The average Bonchev–Trinajstić information content (AvgIpc) is 2.42. The van der Waals surface area contributed by atoms with Crippen LogP contribution in [0, 0.1) is 40.5 Å². The van der Waals surface area contributed by atoms with Crippen LogP contribution in [0.2, 0.25) is 0 Å². The molecular formula is C8Cl2N4O10. The van der Waals surface area contributed by atoms with E-state index in [1.165, 1.54) is 0 Å². The Morgan fingerprint density at radius 1 is 0.583 bits per heavy atom. The van der Waals surface area contributed by atoms with E-state index in [2.05, 4.69) is 0 Å². The molecular weight excluding hydrogens is 383 g/mol. The van der Waals surface area contributed by atoms with Gasteiger partial charge >= 0.3 is 22.7 Å². The Morgan fingerprint density at radius 2 is 0.833 bits per heavy atom. The van der Waals surface area contributed by atoms with Crippen LogP contribution in [0.4, 0.5) is 22.7 Å². The highest BCUT2D eigenvalue weighted by molar-refractivity contribution is 6.70. The van der Waals surface area contributed by atoms with Crippen LogP contribution in [-0.4, -0.2) is 30.2 Å². The van der Waals surface area contributed by atoms with Crippen LogP contribution in [0.15, 0.2) is 0 Å². The molecule has 0 aliphatic rings. The first-order valence-electron chi connectivity index (χ1n) is 5.14. The first kappa shape index (κ1) is 18.8. The van der Waals surface area contributed by atoms with Crippen molar-refractivity contribution in [2.75, 3.05) is 0 Å². The van der Waals surface area contributed by atoms with E-state index in [4.69, 9.17) is 23.2 Å². The van der Waals surface area contributed by atoms with E-state index in [-0.39, 0.29) is 0 Å². The van der Waals surface area contributed by atoms with Crippen molar-refractivity contribution in [2.45, 2.75) is 0 Å². The quantitative estimate of drug-likeness (QED) is 0.397. The molecule has 0 N–H and O–H groups in total. The molecule has 1 aromatic carbocycles. The standard InChI is InChI=1S/C8Cl2N4O10/c9-7(15)1-3(11(17)18)2(8(10)16)5(13(21)22)6(14(23)24)4(1)12(19)20. The smallest absolute Gasteiger partial charge is 0.275 e. The molecule has 0 saturated heterocycles. The number of nitro benzene ring substituents is 4. The summed E-state index contributed by atoms with van der Waals surface area (Å²) in [6.07, 6.45) is 0. The lowest BCUT2D eigenvalue weighted by Crippen LogP contribution is -2.14. The molecule has 0 heterocycles. The van der Waals surface area contributed by atoms with Crippen LogP contribution in [-0.2, 0) is 0 Å². The molecule has 0 aliphatic heterocycles. The predicted molar refractivity (Wildman–Crippen MR) is 73.4 cm³/mol. The molecule has 0 amide bonds. The Hall–Kier alpha value is -3.26. The summed E-state index contributed by atoms with van der Waals surface area (Å²) >= 11 is 9.98. The molecule has 0 spiro atoms. The van der Waals surface area contributed by atoms with Gasteiger partial charge in [0.05, 0.1) is 19.7 Å². The second kappa shape index (κ2) is 6.47. The number of carbonyl (C=O) groups excluding carboxylic acids is 2. The van der Waals surface area contributed by atoms with E-state index >= 15 is 0 Å². The van der Waals surface area contributed by atoms with E-state index in [1.54, 1.807) is 0 Å². The van der Waals surface area contributed by atoms with Gasteiger partial charge in [-0.05, 0) is 23.2 Å². The SMILES string of the molecule is O=C(Cl)c1c([N+](=O)[O-])c(C(=O)Cl)c([N+](=O)[O-])c([N+](=O)[O-])c1[N+](=O)[O-]. The van der Waals surface area contributed by atoms with Gasteiger partial charge in [-0.25, -0.2) is 0 Å². The normalized spacial score (nSPS) is 10.1. The van der Waals surface area contributed by atoms with Crippen LogP contribution in [0.1, 0.15) is 20.7 Å². The second-order valence-corrected chi connectivity index (χ2v) is 4.41. The lowest BCUT2D eigenvalue weighted by molar-refractivity contribution is -0.443. The van der Waals surface area contributed by atoms with Gasteiger partial charge in [0.25, 0.3) is 10.5 Å². The lowest BCUT2D eigenvalue weighted by atomic mass is 10.0. The second-order valence-electron chi connectivity index (χ2n) is 3.72. The van der Waals surface area contributed by atoms with E-state index in [0.29, 0.717) is 0 Å². The van der Waals surface area contributed by atoms with Gasteiger partial charge in [0.2, 0.25) is 0 Å². The molecule has 1 rings (SSSR count). The third-order valence-electron chi connectivity index (χ3n) is 2.52. The van der Waals surface area contributed by atoms with Gasteiger partial charge < -0.3 is 0 Å². The van der Waals surface area contributed by atoms with Crippen LogP contribution in [0.3, 0.4) is 0 Å². The van der Waals surface area contributed by atoms with Crippen molar-refractivity contribution >= 4 is 56.4 Å². The van der Waals surface area contributed by atoms with Gasteiger partial charge in [-0.1, -0.05) is 0 Å². The van der Waals surface area contributed by atoms with Crippen molar-refractivity contribution in [3.8, 4) is 0 Å². The summed E-state index contributed by atoms with van der Waals surface area (Å²) in [5, 5.41) is 40.2. The lowest BCUT2D eigenvalue weighted by Gasteiger charge is -2.05. The molecule has 14 nitrogen and oxygen atoms in total. The molecule has 1 aromatic rings. The third-order valence-corrected chi connectivity index (χ3v) is 2.90. The fraction of sp³-hybridized carbons (Fsp3) is 0. The fourth-order valence-corrected chi connectivity index (χ4v) is 2.14. The van der Waals surface area contributed by atoms with E-state index < -0.39 is 64.1 Å². The fourth-order valence-electron chi connectivity index (χ4n) is 1.78. The van der Waals surface area contributed by atoms with Gasteiger partial charge in [-0.3, -0.25) is 50.0 Å². The Bertz CT molecular complexity index is 652. The summed E-state index contributed by atoms with van der Waals surface area (Å²) < 4.78 is 0. The maximum Gasteiger partial charge on any atom is 0.424 e. The van der Waals surface area contributed by atoms with Gasteiger partial charge in [-0.2, -0.15) is 0 Å². The van der Waals surface area contributed by atoms with Crippen LogP contribution in [0.25, 0.3) is 0 Å². The Labute approximate surface area is 138 Å². The molecule has 0 aliphatic carbocycles. The summed E-state index contributed by atoms with van der Waals surface area (Å²) in [6, 6.07) is 0. The largest absolute Gasteiger partial charge is 0.424 e. The van der Waals surface area contributed by atoms with Gasteiger partial charge in [0.15, 0.2) is 11.1 Å². The number of nitrogens with zero attached hydrogens (tertiary/aromatic N) is 4. The number of halogens is 2. The number of carbonyl (C=O) groups is 2. The van der Waals surface area contributed by atoms with Crippen molar-refractivity contribution in [2.24, 2.45) is 0 Å². The molecule has 0 atom stereocenters. The molecule has 0 unspecified atom stereocenters. The molecule has 0 aromatic heterocycles. The van der Waals surface area contributed by atoms with Crippen molar-refractivity contribution in [1.29, 1.82) is 0 Å². The van der Waals surface area contributed by atoms with Crippen molar-refractivity contribution in [3.05, 3.63) is 51.6 Å². The molecule has 16 heteroatoms. The van der Waals surface area contributed by atoms with Gasteiger partial charge in [0.1, 0.15) is 0 Å². The summed E-state index contributed by atoms with van der Waals surface area (Å²) in [4.78, 5) is 60.2. The average molecular weight is 383 g/mol. The van der Waals surface area contributed by atoms with Gasteiger partial charge in [-0.15, -0.1) is 0 Å². The van der Waals surface area contributed by atoms with E-state index in [0.717, 1.165) is 0 Å². The summed E-state index contributed by atoms with van der Waals surface area (Å²) in [5.41, 5.74) is -10.9. The first-order chi connectivity index (χ1) is 10.9. The number of benzene rings is 1. The maximum absolute atomic E-state index is 11.3. The Balaban J connectivity index is 4.50. The molecule has 0 fully saturated rings. The zero-order valence-electron chi connectivity index (χ0n) is 10.6. The number of rotatable bonds is 6. The highest BCUT2D eigenvalue weighted by atomic mass is 35.5. The number of hydrogen-bond acceptors (Lipinski definition) is 10. The number of hydrogen-bond donors (Lipinski definition) is 0. The van der Waals surface area contributed by atoms with Crippen LogP contribution in [0.5, 0.6) is 0 Å². The highest BCUT2D eigenvalue weighted by Crippen LogP contribution is 2.48. The Morgan fingerprint density at radius 3 is 1.00 bits per heavy atom. The minimum absolute atomic E-state index is 1.57. The molecule has 0 bridgehead atoms. The van der Waals surface area contributed by atoms with E-state index in [9.17, 15) is 50.0 Å². The number of nitro groups is 4. The molecule has 24 heavy (non-hydrogen) atoms. The maximum atomic E-state index is 11.3. The van der Waals surface area contributed by atoms with Gasteiger partial charge in [0, 0.05) is 0 Å². The van der Waals surface area contributed by atoms with Crippen LogP contribution < -0.4 is 0 Å². The van der Waals surface area contributed by atoms with Crippen molar-refractivity contribution in [3.63, 3.8) is 0 Å². The summed E-state index contributed by atoms with van der Waals surface area (Å²) in [5.74, 6) is 0. The molecule has 0 saturated carbocycles. The van der Waals surface area contributed by atoms with Crippen molar-refractivity contribution < 1.29 is 29.3 Å². The minimum atomic E-state index is -1.94. The molecule has 0 radical (unpaired) electrons. The van der Waals surface area contributed by atoms with Crippen molar-refractivity contribution in [1.82, 2.24) is 0 Å².